The molecule has 136 valence electrons. The summed E-state index contributed by atoms with van der Waals surface area (Å²) in [4.78, 5) is 26.3. The third-order valence-corrected chi connectivity index (χ3v) is 5.60. The van der Waals surface area contributed by atoms with Crippen molar-refractivity contribution < 1.29 is 4.79 Å². The Labute approximate surface area is 167 Å². The van der Waals surface area contributed by atoms with E-state index in [9.17, 15) is 4.79 Å². The van der Waals surface area contributed by atoms with Crippen LogP contribution in [0.3, 0.4) is 0 Å². The fourth-order valence-electron chi connectivity index (χ4n) is 2.69. The largest absolute Gasteiger partial charge is 0.297 e. The van der Waals surface area contributed by atoms with Gasteiger partial charge < -0.3 is 0 Å². The second-order valence-corrected chi connectivity index (χ2v) is 8.01. The predicted molar refractivity (Wildman–Crippen MR) is 107 cm³/mol. The normalized spacial score (nSPS) is 11.1. The number of thiazole rings is 1. The van der Waals surface area contributed by atoms with E-state index in [0.29, 0.717) is 10.9 Å². The second-order valence-electron chi connectivity index (χ2n) is 6.04. The molecule has 0 fully saturated rings. The Bertz CT molecular complexity index is 1150. The van der Waals surface area contributed by atoms with Crippen LogP contribution < -0.4 is 5.32 Å². The van der Waals surface area contributed by atoms with Gasteiger partial charge in [-0.1, -0.05) is 34.1 Å². The number of hydrogen-bond donors (Lipinski definition) is 1. The summed E-state index contributed by atoms with van der Waals surface area (Å²) in [6.07, 6.45) is 2.51. The average Bonchev–Trinajstić information content (AvgIpc) is 3.24. The number of aromatic nitrogens is 5. The highest BCUT2D eigenvalue weighted by Gasteiger charge is 2.16. The molecule has 4 rings (SSSR count). The summed E-state index contributed by atoms with van der Waals surface area (Å²) < 4.78 is 2.61. The predicted octanol–water partition coefficient (Wildman–Crippen LogP) is 3.80. The Morgan fingerprint density at radius 2 is 2.07 bits per heavy atom. The maximum atomic E-state index is 12.5. The van der Waals surface area contributed by atoms with Gasteiger partial charge in [-0.2, -0.15) is 4.98 Å². The maximum Gasteiger partial charge on any atom is 0.297 e. The number of nitrogens with one attached hydrogen (secondary N) is 1. The van der Waals surface area contributed by atoms with Crippen LogP contribution in [-0.4, -0.2) is 30.5 Å². The lowest BCUT2D eigenvalue weighted by Crippen LogP contribution is -2.13. The molecule has 9 heteroatoms. The van der Waals surface area contributed by atoms with Crippen molar-refractivity contribution in [2.24, 2.45) is 0 Å². The van der Waals surface area contributed by atoms with Gasteiger partial charge in [-0.25, -0.2) is 14.5 Å². The van der Waals surface area contributed by atoms with Crippen molar-refractivity contribution in [2.75, 3.05) is 5.32 Å². The van der Waals surface area contributed by atoms with Crippen molar-refractivity contribution >= 4 is 44.1 Å². The topological polar surface area (TPSA) is 85.1 Å². The van der Waals surface area contributed by atoms with Gasteiger partial charge >= 0.3 is 0 Å². The summed E-state index contributed by atoms with van der Waals surface area (Å²) in [7, 11) is 0. The second kappa shape index (κ2) is 7.16. The first-order valence-electron chi connectivity index (χ1n) is 8.20. The summed E-state index contributed by atoms with van der Waals surface area (Å²) >= 11 is 4.98. The Hall–Kier alpha value is -2.65. The van der Waals surface area contributed by atoms with Crippen LogP contribution >= 0.6 is 27.3 Å². The zero-order chi connectivity index (χ0) is 19.0. The highest BCUT2D eigenvalue weighted by molar-refractivity contribution is 9.10. The van der Waals surface area contributed by atoms with E-state index >= 15 is 0 Å². The summed E-state index contributed by atoms with van der Waals surface area (Å²) in [6.45, 7) is 3.77. The lowest BCUT2D eigenvalue weighted by Gasteiger charge is -2.01. The number of aryl methyl sites for hydroxylation is 2. The number of halogens is 1. The Balaban J connectivity index is 1.51. The lowest BCUT2D eigenvalue weighted by molar-refractivity contribution is 0.101. The molecule has 3 heterocycles. The molecule has 0 spiro atoms. The molecule has 0 radical (unpaired) electrons. The molecule has 1 aromatic carbocycles. The number of rotatable bonds is 4. The van der Waals surface area contributed by atoms with Crippen LogP contribution in [-0.2, 0) is 6.42 Å². The van der Waals surface area contributed by atoms with Gasteiger partial charge in [-0.3, -0.25) is 10.1 Å². The zero-order valence-corrected chi connectivity index (χ0v) is 17.0. The van der Waals surface area contributed by atoms with Gasteiger partial charge in [0.1, 0.15) is 0 Å². The van der Waals surface area contributed by atoms with E-state index in [1.807, 2.05) is 38.1 Å². The summed E-state index contributed by atoms with van der Waals surface area (Å²) in [5.74, 6) is 0.0736. The first kappa shape index (κ1) is 17.7. The zero-order valence-electron chi connectivity index (χ0n) is 14.6. The molecule has 0 aliphatic heterocycles. The number of anilines is 1. The van der Waals surface area contributed by atoms with E-state index < -0.39 is 5.91 Å². The molecule has 0 aliphatic carbocycles. The van der Waals surface area contributed by atoms with Gasteiger partial charge in [0.15, 0.2) is 5.13 Å². The van der Waals surface area contributed by atoms with Crippen molar-refractivity contribution in [1.82, 2.24) is 24.6 Å². The number of benzene rings is 1. The van der Waals surface area contributed by atoms with Crippen LogP contribution in [0.25, 0.3) is 5.78 Å². The first-order chi connectivity index (χ1) is 13.0. The maximum absolute atomic E-state index is 12.5. The van der Waals surface area contributed by atoms with E-state index in [2.05, 4.69) is 47.4 Å². The molecular formula is C18H15BrN6OS. The fraction of sp³-hybridized carbons (Fsp3) is 0.167. The molecule has 0 bridgehead atoms. The third kappa shape index (κ3) is 3.74. The number of hydrogen-bond acceptors (Lipinski definition) is 6. The first-order valence-corrected chi connectivity index (χ1v) is 9.81. The van der Waals surface area contributed by atoms with Gasteiger partial charge in [-0.15, -0.1) is 16.4 Å². The molecule has 1 amide bonds. The molecule has 3 aromatic heterocycles. The molecule has 1 N–H and O–H groups in total. The van der Waals surface area contributed by atoms with Gasteiger partial charge in [0.05, 0.1) is 0 Å². The molecule has 0 saturated heterocycles. The Morgan fingerprint density at radius 1 is 1.26 bits per heavy atom. The smallest absolute Gasteiger partial charge is 0.295 e. The summed E-state index contributed by atoms with van der Waals surface area (Å²) in [5, 5.41) is 7.52. The van der Waals surface area contributed by atoms with Gasteiger partial charge in [0, 0.05) is 33.4 Å². The van der Waals surface area contributed by atoms with Crippen LogP contribution in [0.5, 0.6) is 0 Å². The van der Waals surface area contributed by atoms with E-state index in [4.69, 9.17) is 0 Å². The summed E-state index contributed by atoms with van der Waals surface area (Å²) in [5.41, 5.74) is 2.86. The lowest BCUT2D eigenvalue weighted by atomic mass is 10.1. The molecule has 0 saturated carbocycles. The van der Waals surface area contributed by atoms with Crippen LogP contribution in [0.1, 0.15) is 32.4 Å². The van der Waals surface area contributed by atoms with Crippen LogP contribution in [0.2, 0.25) is 0 Å². The molecule has 0 atom stereocenters. The van der Waals surface area contributed by atoms with Crippen molar-refractivity contribution in [3.8, 4) is 0 Å². The van der Waals surface area contributed by atoms with Crippen molar-refractivity contribution in [3.05, 3.63) is 68.7 Å². The highest BCUT2D eigenvalue weighted by atomic mass is 79.9. The van der Waals surface area contributed by atoms with Gasteiger partial charge in [-0.05, 0) is 31.5 Å². The molecular weight excluding hydrogens is 428 g/mol. The Kier molecular flexibility index (Phi) is 4.71. The minimum atomic E-state index is -0.403. The van der Waals surface area contributed by atoms with Crippen molar-refractivity contribution in [3.63, 3.8) is 0 Å². The SMILES string of the molecule is Cc1cc(C)n2nc(C(=O)Nc3ncc(Cc4ccccc4Br)s3)nc2n1. The van der Waals surface area contributed by atoms with E-state index in [0.717, 1.165) is 32.7 Å². The number of fused-ring (bicyclic) bond motifs is 1. The third-order valence-electron chi connectivity index (χ3n) is 3.92. The number of carbonyl (C=O) groups excluding carboxylic acids is 1. The van der Waals surface area contributed by atoms with E-state index in [-0.39, 0.29) is 5.82 Å². The van der Waals surface area contributed by atoms with Gasteiger partial charge in [0.25, 0.3) is 11.7 Å². The van der Waals surface area contributed by atoms with E-state index in [1.54, 1.807) is 10.7 Å². The van der Waals surface area contributed by atoms with Crippen LogP contribution in [0.4, 0.5) is 5.13 Å². The number of amides is 1. The minimum Gasteiger partial charge on any atom is -0.295 e. The van der Waals surface area contributed by atoms with E-state index in [1.165, 1.54) is 11.3 Å². The number of carbonyl (C=O) groups is 1. The van der Waals surface area contributed by atoms with Crippen LogP contribution in [0.15, 0.2) is 41.0 Å². The Morgan fingerprint density at radius 3 is 2.89 bits per heavy atom. The van der Waals surface area contributed by atoms with Crippen LogP contribution in [0, 0.1) is 13.8 Å². The number of nitrogens with zero attached hydrogens (tertiary/aromatic N) is 5. The average molecular weight is 443 g/mol. The quantitative estimate of drug-likeness (QED) is 0.519. The standard InChI is InChI=1S/C18H15BrN6OS/c1-10-7-11(2)25-17(21-10)22-15(24-25)16(26)23-18-20-9-13(27-18)8-12-5-3-4-6-14(12)19/h3-7,9H,8H2,1-2H3,(H,20,23,26). The molecule has 27 heavy (non-hydrogen) atoms. The van der Waals surface area contributed by atoms with Crippen molar-refractivity contribution in [2.45, 2.75) is 20.3 Å². The summed E-state index contributed by atoms with van der Waals surface area (Å²) in [6, 6.07) is 9.92. The monoisotopic (exact) mass is 442 g/mol. The minimum absolute atomic E-state index is 0.0683. The van der Waals surface area contributed by atoms with Crippen molar-refractivity contribution in [1.29, 1.82) is 0 Å². The molecule has 4 aromatic rings. The molecule has 7 nitrogen and oxygen atoms in total. The fourth-order valence-corrected chi connectivity index (χ4v) is 3.95. The highest BCUT2D eigenvalue weighted by Crippen LogP contribution is 2.25. The molecule has 0 aliphatic rings. The molecule has 0 unspecified atom stereocenters. The van der Waals surface area contributed by atoms with Gasteiger partial charge in [0.2, 0.25) is 5.82 Å².